The van der Waals surface area contributed by atoms with Crippen molar-refractivity contribution >= 4 is 49.0 Å². The van der Waals surface area contributed by atoms with Gasteiger partial charge in [-0.2, -0.15) is 0 Å². The Balaban J connectivity index is 1.83. The molecule has 2 aromatic carbocycles. The van der Waals surface area contributed by atoms with Gasteiger partial charge >= 0.3 is 0 Å². The predicted octanol–water partition coefficient (Wildman–Crippen LogP) is 2.23. The Morgan fingerprint density at radius 3 is 2.50 bits per heavy atom. The monoisotopic (exact) mass is 438 g/mol. The van der Waals surface area contributed by atoms with Gasteiger partial charge in [-0.3, -0.25) is 14.3 Å². The lowest BCUT2D eigenvalue weighted by atomic mass is 9.88. The zero-order chi connectivity index (χ0) is 19.1. The molecule has 0 saturated heterocycles. The molecule has 1 amide bonds. The van der Waals surface area contributed by atoms with Crippen LogP contribution in [0, 0.1) is 0 Å². The van der Waals surface area contributed by atoms with Crippen LogP contribution in [0.1, 0.15) is 22.3 Å². The molecule has 7 nitrogen and oxygen atoms in total. The normalized spacial score (nSPS) is 19.0. The lowest BCUT2D eigenvalue weighted by Crippen LogP contribution is -2.36. The van der Waals surface area contributed by atoms with Crippen LogP contribution >= 0.6 is 15.9 Å². The number of anilines is 2. The van der Waals surface area contributed by atoms with Gasteiger partial charge in [0.1, 0.15) is 0 Å². The van der Waals surface area contributed by atoms with Crippen molar-refractivity contribution in [1.82, 2.24) is 0 Å². The number of rotatable bonds is 5. The number of fused-ring (bicyclic) bond motifs is 1. The van der Waals surface area contributed by atoms with Crippen LogP contribution in [0.15, 0.2) is 46.9 Å². The summed E-state index contributed by atoms with van der Waals surface area (Å²) in [6.45, 7) is 0. The topological polar surface area (TPSA) is 113 Å². The smallest absolute Gasteiger partial charge is 0.261 e. The zero-order valence-electron chi connectivity index (χ0n) is 13.6. The molecule has 0 spiro atoms. The Morgan fingerprint density at radius 2 is 1.88 bits per heavy atom. The minimum atomic E-state index is -3.41. The van der Waals surface area contributed by atoms with Crippen molar-refractivity contribution in [1.29, 1.82) is 0 Å². The molecule has 1 aliphatic rings. The molecule has 2 aromatic rings. The number of benzene rings is 2. The zero-order valence-corrected chi connectivity index (χ0v) is 16.0. The molecule has 0 aromatic heterocycles. The Morgan fingerprint density at radius 1 is 1.23 bits per heavy atom. The van der Waals surface area contributed by atoms with Crippen molar-refractivity contribution < 1.29 is 23.1 Å². The van der Waals surface area contributed by atoms with Crippen LogP contribution in [0.25, 0.3) is 0 Å². The summed E-state index contributed by atoms with van der Waals surface area (Å²) in [5.41, 5.74) is -0.578. The van der Waals surface area contributed by atoms with Crippen LogP contribution in [0.4, 0.5) is 11.4 Å². The van der Waals surface area contributed by atoms with Crippen molar-refractivity contribution in [2.75, 3.05) is 16.3 Å². The highest BCUT2D eigenvalue weighted by Gasteiger charge is 2.46. The third-order valence-electron chi connectivity index (χ3n) is 3.98. The van der Waals surface area contributed by atoms with Gasteiger partial charge in [0, 0.05) is 27.0 Å². The summed E-state index contributed by atoms with van der Waals surface area (Å²) >= 11 is 3.29. The van der Waals surface area contributed by atoms with Crippen molar-refractivity contribution in [2.45, 2.75) is 12.0 Å². The van der Waals surface area contributed by atoms with Crippen LogP contribution in [0.3, 0.4) is 0 Å². The standard InChI is InChI=1S/C17H15BrN2O5S/c1-26(24,25)20-12-5-2-10(3-6-12)15(21)9-17(23)13-7-4-11(18)8-14(13)19-16(17)22/h2-8,20,23H,9H2,1H3,(H,19,22)/t17-/m0/s1. The molecule has 3 N–H and O–H groups in total. The number of halogens is 1. The minimum absolute atomic E-state index is 0.260. The lowest BCUT2D eigenvalue weighted by Gasteiger charge is -2.20. The second-order valence-corrected chi connectivity index (χ2v) is 8.72. The van der Waals surface area contributed by atoms with Gasteiger partial charge in [-0.15, -0.1) is 0 Å². The molecule has 0 saturated carbocycles. The molecule has 1 atom stereocenters. The van der Waals surface area contributed by atoms with Gasteiger partial charge in [0.05, 0.1) is 12.7 Å². The molecule has 1 aliphatic heterocycles. The van der Waals surface area contributed by atoms with E-state index in [4.69, 9.17) is 0 Å². The second-order valence-electron chi connectivity index (χ2n) is 6.06. The van der Waals surface area contributed by atoms with Gasteiger partial charge < -0.3 is 10.4 Å². The molecular formula is C17H15BrN2O5S. The fraction of sp³-hybridized carbons (Fsp3) is 0.176. The molecule has 26 heavy (non-hydrogen) atoms. The first-order valence-electron chi connectivity index (χ1n) is 7.53. The van der Waals surface area contributed by atoms with E-state index in [1.165, 1.54) is 24.3 Å². The average Bonchev–Trinajstić information content (AvgIpc) is 2.76. The van der Waals surface area contributed by atoms with E-state index in [1.807, 2.05) is 0 Å². The number of sulfonamides is 1. The molecule has 136 valence electrons. The minimum Gasteiger partial charge on any atom is -0.375 e. The van der Waals surface area contributed by atoms with Crippen LogP contribution in [0.5, 0.6) is 0 Å². The second kappa shape index (κ2) is 6.49. The predicted molar refractivity (Wildman–Crippen MR) is 101 cm³/mol. The maximum atomic E-state index is 12.5. The maximum Gasteiger partial charge on any atom is 0.261 e. The Labute approximate surface area is 158 Å². The van der Waals surface area contributed by atoms with E-state index in [9.17, 15) is 23.1 Å². The molecule has 3 rings (SSSR count). The summed E-state index contributed by atoms with van der Waals surface area (Å²) in [6.07, 6.45) is 0.600. The third kappa shape index (κ3) is 3.64. The highest BCUT2D eigenvalue weighted by molar-refractivity contribution is 9.10. The summed E-state index contributed by atoms with van der Waals surface area (Å²) in [5, 5.41) is 13.4. The van der Waals surface area contributed by atoms with Crippen molar-refractivity contribution in [3.05, 3.63) is 58.1 Å². The number of Topliss-reactive ketones (excluding diaryl/α,β-unsaturated/α-hetero) is 1. The van der Waals surface area contributed by atoms with Crippen molar-refractivity contribution in [3.8, 4) is 0 Å². The van der Waals surface area contributed by atoms with E-state index < -0.39 is 33.7 Å². The number of aliphatic hydroxyl groups is 1. The fourth-order valence-corrected chi connectivity index (χ4v) is 3.70. The lowest BCUT2D eigenvalue weighted by molar-refractivity contribution is -0.133. The third-order valence-corrected chi connectivity index (χ3v) is 5.08. The summed E-state index contributed by atoms with van der Waals surface area (Å²) < 4.78 is 25.5. The van der Waals surface area contributed by atoms with Crippen LogP contribution in [0.2, 0.25) is 0 Å². The largest absolute Gasteiger partial charge is 0.375 e. The molecule has 0 radical (unpaired) electrons. The first-order chi connectivity index (χ1) is 12.1. The van der Waals surface area contributed by atoms with Gasteiger partial charge in [-0.25, -0.2) is 8.42 Å². The number of nitrogens with one attached hydrogen (secondary N) is 2. The quantitative estimate of drug-likeness (QED) is 0.619. The number of hydrogen-bond acceptors (Lipinski definition) is 5. The fourth-order valence-electron chi connectivity index (χ4n) is 2.78. The Hall–Kier alpha value is -2.23. The van der Waals surface area contributed by atoms with E-state index in [2.05, 4.69) is 26.0 Å². The van der Waals surface area contributed by atoms with Gasteiger partial charge in [-0.1, -0.05) is 22.0 Å². The number of hydrogen-bond donors (Lipinski definition) is 3. The Bertz CT molecular complexity index is 1000. The van der Waals surface area contributed by atoms with Gasteiger partial charge in [-0.05, 0) is 36.4 Å². The van der Waals surface area contributed by atoms with Gasteiger partial charge in [0.2, 0.25) is 10.0 Å². The number of carbonyl (C=O) groups excluding carboxylic acids is 2. The van der Waals surface area contributed by atoms with E-state index in [-0.39, 0.29) is 5.56 Å². The first kappa shape index (κ1) is 18.6. The van der Waals surface area contributed by atoms with E-state index >= 15 is 0 Å². The number of carbonyl (C=O) groups is 2. The summed E-state index contributed by atoms with van der Waals surface area (Å²) in [4.78, 5) is 24.8. The van der Waals surface area contributed by atoms with Crippen molar-refractivity contribution in [2.24, 2.45) is 0 Å². The average molecular weight is 439 g/mol. The van der Waals surface area contributed by atoms with Gasteiger partial charge in [0.15, 0.2) is 11.4 Å². The maximum absolute atomic E-state index is 12.5. The van der Waals surface area contributed by atoms with Crippen LogP contribution < -0.4 is 10.0 Å². The van der Waals surface area contributed by atoms with Crippen LogP contribution in [-0.4, -0.2) is 31.5 Å². The highest BCUT2D eigenvalue weighted by Crippen LogP contribution is 2.40. The van der Waals surface area contributed by atoms with Crippen LogP contribution in [-0.2, 0) is 20.4 Å². The molecule has 9 heteroatoms. The van der Waals surface area contributed by atoms with E-state index in [0.29, 0.717) is 16.9 Å². The summed E-state index contributed by atoms with van der Waals surface area (Å²) in [6, 6.07) is 10.7. The molecular weight excluding hydrogens is 424 g/mol. The van der Waals surface area contributed by atoms with E-state index in [1.54, 1.807) is 18.2 Å². The number of ketones is 1. The molecule has 0 unspecified atom stereocenters. The molecule has 0 fully saturated rings. The summed E-state index contributed by atoms with van der Waals surface area (Å²) in [5.74, 6) is -1.10. The van der Waals surface area contributed by atoms with Crippen molar-refractivity contribution in [3.63, 3.8) is 0 Å². The molecule has 0 bridgehead atoms. The molecule has 0 aliphatic carbocycles. The SMILES string of the molecule is CS(=O)(=O)Nc1ccc(C(=O)C[C@@]2(O)C(=O)Nc3cc(Br)ccc32)cc1. The molecule has 1 heterocycles. The Kier molecular flexibility index (Phi) is 4.63. The summed E-state index contributed by atoms with van der Waals surface area (Å²) in [7, 11) is -3.41. The number of amides is 1. The van der Waals surface area contributed by atoms with E-state index in [0.717, 1.165) is 10.7 Å². The van der Waals surface area contributed by atoms with Gasteiger partial charge in [0.25, 0.3) is 5.91 Å². The highest BCUT2D eigenvalue weighted by atomic mass is 79.9. The first-order valence-corrected chi connectivity index (χ1v) is 10.2.